The molecule has 2 aromatic rings. The van der Waals surface area contributed by atoms with Gasteiger partial charge in [-0.25, -0.2) is 4.98 Å². The van der Waals surface area contributed by atoms with E-state index in [-0.39, 0.29) is 5.91 Å². The Bertz CT molecular complexity index is 670. The van der Waals surface area contributed by atoms with Crippen LogP contribution in [0.1, 0.15) is 34.9 Å². The monoisotopic (exact) mass is 270 g/mol. The number of imidazole rings is 1. The maximum atomic E-state index is 12.1. The number of rotatable bonds is 1. The molecular formula is C15H18N4O. The molecule has 0 bridgehead atoms. The van der Waals surface area contributed by atoms with Gasteiger partial charge < -0.3 is 15.2 Å². The van der Waals surface area contributed by atoms with Gasteiger partial charge >= 0.3 is 0 Å². The second-order valence-electron chi connectivity index (χ2n) is 5.58. The molecule has 2 aliphatic heterocycles. The van der Waals surface area contributed by atoms with Crippen LogP contribution >= 0.6 is 0 Å². The summed E-state index contributed by atoms with van der Waals surface area (Å²) in [6.07, 6.45) is 2.25. The van der Waals surface area contributed by atoms with Crippen molar-refractivity contribution >= 4 is 16.9 Å². The molecule has 1 fully saturated rings. The molecular weight excluding hydrogens is 252 g/mol. The third-order valence-electron chi connectivity index (χ3n) is 4.37. The van der Waals surface area contributed by atoms with Crippen LogP contribution < -0.4 is 10.6 Å². The molecule has 1 amide bonds. The topological polar surface area (TPSA) is 59.0 Å². The van der Waals surface area contributed by atoms with Crippen molar-refractivity contribution in [1.29, 1.82) is 0 Å². The highest BCUT2D eigenvalue weighted by molar-refractivity contribution is 6.05. The maximum Gasteiger partial charge on any atom is 0.253 e. The van der Waals surface area contributed by atoms with Crippen LogP contribution in [0.15, 0.2) is 18.2 Å². The molecule has 2 aliphatic rings. The third kappa shape index (κ3) is 1.73. The predicted molar refractivity (Wildman–Crippen MR) is 76.9 cm³/mol. The van der Waals surface area contributed by atoms with E-state index in [1.807, 2.05) is 18.2 Å². The summed E-state index contributed by atoms with van der Waals surface area (Å²) >= 11 is 0. The smallest absolute Gasteiger partial charge is 0.253 e. The number of hydrogen-bond donors (Lipinski definition) is 2. The highest BCUT2D eigenvalue weighted by Crippen LogP contribution is 2.30. The number of aromatic nitrogens is 2. The number of nitrogens with zero attached hydrogens (tertiary/aromatic N) is 2. The fourth-order valence-electron chi connectivity index (χ4n) is 3.38. The van der Waals surface area contributed by atoms with Gasteiger partial charge in [-0.15, -0.1) is 0 Å². The molecule has 1 aromatic carbocycles. The lowest BCUT2D eigenvalue weighted by Gasteiger charge is -2.23. The number of carbonyl (C=O) groups is 1. The minimum Gasteiger partial charge on any atom is -0.350 e. The standard InChI is InChI=1S/C15H18N4O/c20-15-11-2-1-3-12-13(11)19(9-8-17-15)14(18-12)10-4-6-16-7-5-10/h1-3,10,16H,4-9H2,(H,17,20). The Balaban J connectivity index is 1.92. The Labute approximate surface area is 117 Å². The molecule has 104 valence electrons. The van der Waals surface area contributed by atoms with E-state index >= 15 is 0 Å². The first kappa shape index (κ1) is 11.9. The molecule has 1 aromatic heterocycles. The van der Waals surface area contributed by atoms with Crippen LogP contribution in [0.4, 0.5) is 0 Å². The fourth-order valence-corrected chi connectivity index (χ4v) is 3.38. The zero-order valence-corrected chi connectivity index (χ0v) is 11.4. The van der Waals surface area contributed by atoms with Gasteiger partial charge in [0, 0.05) is 19.0 Å². The minimum absolute atomic E-state index is 0.0195. The molecule has 0 spiro atoms. The second kappa shape index (κ2) is 4.59. The van der Waals surface area contributed by atoms with Gasteiger partial charge in [-0.1, -0.05) is 6.07 Å². The molecule has 2 N–H and O–H groups in total. The van der Waals surface area contributed by atoms with Crippen LogP contribution in [-0.4, -0.2) is 35.1 Å². The van der Waals surface area contributed by atoms with Gasteiger partial charge in [0.05, 0.1) is 16.6 Å². The Morgan fingerprint density at radius 1 is 1.20 bits per heavy atom. The highest BCUT2D eigenvalue weighted by Gasteiger charge is 2.26. The van der Waals surface area contributed by atoms with Crippen LogP contribution in [0.5, 0.6) is 0 Å². The van der Waals surface area contributed by atoms with Crippen molar-refractivity contribution in [3.05, 3.63) is 29.6 Å². The third-order valence-corrected chi connectivity index (χ3v) is 4.37. The zero-order valence-electron chi connectivity index (χ0n) is 11.4. The number of hydrogen-bond acceptors (Lipinski definition) is 3. The number of amides is 1. The molecule has 1 saturated heterocycles. The summed E-state index contributed by atoms with van der Waals surface area (Å²) in [6.45, 7) is 3.60. The molecule has 5 heteroatoms. The molecule has 0 radical (unpaired) electrons. The molecule has 0 unspecified atom stereocenters. The Hall–Kier alpha value is -1.88. The first-order chi connectivity index (χ1) is 9.84. The predicted octanol–water partition coefficient (Wildman–Crippen LogP) is 1.25. The molecule has 4 rings (SSSR count). The Morgan fingerprint density at radius 3 is 2.90 bits per heavy atom. The van der Waals surface area contributed by atoms with E-state index in [4.69, 9.17) is 4.98 Å². The van der Waals surface area contributed by atoms with Gasteiger partial charge in [-0.2, -0.15) is 0 Å². The SMILES string of the molecule is O=C1NCCn2c(C3CCNCC3)nc3cccc1c32. The molecule has 0 atom stereocenters. The van der Waals surface area contributed by atoms with Crippen LogP contribution in [0.3, 0.4) is 0 Å². The summed E-state index contributed by atoms with van der Waals surface area (Å²) in [7, 11) is 0. The van der Waals surface area contributed by atoms with Gasteiger partial charge in [0.25, 0.3) is 5.91 Å². The number of piperidine rings is 1. The van der Waals surface area contributed by atoms with Crippen molar-refractivity contribution in [3.63, 3.8) is 0 Å². The fraction of sp³-hybridized carbons (Fsp3) is 0.467. The van der Waals surface area contributed by atoms with Crippen LogP contribution in [-0.2, 0) is 6.54 Å². The summed E-state index contributed by atoms with van der Waals surface area (Å²) in [5.74, 6) is 1.68. The summed E-state index contributed by atoms with van der Waals surface area (Å²) < 4.78 is 2.26. The van der Waals surface area contributed by atoms with E-state index < -0.39 is 0 Å². The first-order valence-corrected chi connectivity index (χ1v) is 7.32. The van der Waals surface area contributed by atoms with E-state index in [0.717, 1.165) is 54.9 Å². The number of nitrogens with one attached hydrogen (secondary N) is 2. The van der Waals surface area contributed by atoms with Crippen molar-refractivity contribution in [1.82, 2.24) is 20.2 Å². The molecule has 0 aliphatic carbocycles. The second-order valence-corrected chi connectivity index (χ2v) is 5.58. The van der Waals surface area contributed by atoms with Gasteiger partial charge in [0.15, 0.2) is 0 Å². The Morgan fingerprint density at radius 2 is 2.05 bits per heavy atom. The van der Waals surface area contributed by atoms with Crippen molar-refractivity contribution < 1.29 is 4.79 Å². The summed E-state index contributed by atoms with van der Waals surface area (Å²) in [6, 6.07) is 5.83. The van der Waals surface area contributed by atoms with Gasteiger partial charge in [-0.05, 0) is 38.1 Å². The normalized spacial score (nSPS) is 19.9. The zero-order chi connectivity index (χ0) is 13.5. The average Bonchev–Trinajstić information content (AvgIpc) is 2.78. The maximum absolute atomic E-state index is 12.1. The number of carbonyl (C=O) groups excluding carboxylic acids is 1. The quantitative estimate of drug-likeness (QED) is 0.820. The van der Waals surface area contributed by atoms with E-state index in [1.54, 1.807) is 0 Å². The van der Waals surface area contributed by atoms with Gasteiger partial charge in [-0.3, -0.25) is 4.79 Å². The molecule has 5 nitrogen and oxygen atoms in total. The van der Waals surface area contributed by atoms with Crippen molar-refractivity contribution in [2.24, 2.45) is 0 Å². The van der Waals surface area contributed by atoms with Gasteiger partial charge in [0.2, 0.25) is 0 Å². The van der Waals surface area contributed by atoms with Crippen LogP contribution in [0, 0.1) is 0 Å². The summed E-state index contributed by atoms with van der Waals surface area (Å²) in [5.41, 5.74) is 2.72. The van der Waals surface area contributed by atoms with E-state index in [0.29, 0.717) is 12.5 Å². The van der Waals surface area contributed by atoms with Crippen LogP contribution in [0.2, 0.25) is 0 Å². The minimum atomic E-state index is 0.0195. The molecule has 0 saturated carbocycles. The van der Waals surface area contributed by atoms with Crippen molar-refractivity contribution in [3.8, 4) is 0 Å². The highest BCUT2D eigenvalue weighted by atomic mass is 16.1. The number of para-hydroxylation sites is 1. The summed E-state index contributed by atoms with van der Waals surface area (Å²) in [4.78, 5) is 17.0. The summed E-state index contributed by atoms with van der Waals surface area (Å²) in [5, 5.41) is 6.36. The first-order valence-electron chi connectivity index (χ1n) is 7.32. The lowest BCUT2D eigenvalue weighted by Crippen LogP contribution is -2.29. The van der Waals surface area contributed by atoms with E-state index in [2.05, 4.69) is 15.2 Å². The molecule has 20 heavy (non-hydrogen) atoms. The Kier molecular flexibility index (Phi) is 2.73. The lowest BCUT2D eigenvalue weighted by molar-refractivity contribution is 0.0956. The van der Waals surface area contributed by atoms with Gasteiger partial charge in [0.1, 0.15) is 5.82 Å². The average molecular weight is 270 g/mol. The van der Waals surface area contributed by atoms with E-state index in [9.17, 15) is 4.79 Å². The lowest BCUT2D eigenvalue weighted by atomic mass is 9.97. The largest absolute Gasteiger partial charge is 0.350 e. The number of benzene rings is 1. The van der Waals surface area contributed by atoms with E-state index in [1.165, 1.54) is 0 Å². The van der Waals surface area contributed by atoms with Crippen molar-refractivity contribution in [2.45, 2.75) is 25.3 Å². The van der Waals surface area contributed by atoms with Crippen molar-refractivity contribution in [2.75, 3.05) is 19.6 Å². The molecule has 3 heterocycles. The van der Waals surface area contributed by atoms with Crippen LogP contribution in [0.25, 0.3) is 11.0 Å².